The van der Waals surface area contributed by atoms with Gasteiger partial charge in [-0.25, -0.2) is 0 Å². The molecule has 0 radical (unpaired) electrons. The van der Waals surface area contributed by atoms with Crippen LogP contribution < -0.4 is 5.32 Å². The molecular formula is C8H11NO3. The van der Waals surface area contributed by atoms with Crippen LogP contribution in [0.1, 0.15) is 25.7 Å². The molecule has 0 spiro atoms. The second-order valence-corrected chi connectivity index (χ2v) is 3.54. The summed E-state index contributed by atoms with van der Waals surface area (Å²) in [5.74, 6) is -1.29. The number of aliphatic hydroxyl groups is 1. The molecule has 2 fully saturated rings. The minimum absolute atomic E-state index is 0.304. The number of nitrogens with one attached hydrogen (secondary N) is 1. The molecule has 0 aromatic carbocycles. The van der Waals surface area contributed by atoms with Gasteiger partial charge in [0.15, 0.2) is 5.60 Å². The lowest BCUT2D eigenvalue weighted by Gasteiger charge is -2.29. The molecule has 2 N–H and O–H groups in total. The number of hydrogen-bond donors (Lipinski definition) is 2. The van der Waals surface area contributed by atoms with Crippen molar-refractivity contribution in [2.24, 2.45) is 5.92 Å². The van der Waals surface area contributed by atoms with Gasteiger partial charge in [-0.2, -0.15) is 0 Å². The van der Waals surface area contributed by atoms with E-state index in [2.05, 4.69) is 5.32 Å². The molecule has 12 heavy (non-hydrogen) atoms. The van der Waals surface area contributed by atoms with Crippen LogP contribution in [0.15, 0.2) is 0 Å². The van der Waals surface area contributed by atoms with Gasteiger partial charge in [0, 0.05) is 0 Å². The van der Waals surface area contributed by atoms with E-state index < -0.39 is 17.4 Å². The van der Waals surface area contributed by atoms with Gasteiger partial charge in [0.1, 0.15) is 0 Å². The first kappa shape index (κ1) is 7.73. The van der Waals surface area contributed by atoms with E-state index in [9.17, 15) is 14.7 Å². The lowest BCUT2D eigenvalue weighted by Crippen LogP contribution is -2.44. The van der Waals surface area contributed by atoms with Crippen molar-refractivity contribution in [3.63, 3.8) is 0 Å². The first-order valence-electron chi connectivity index (χ1n) is 4.22. The summed E-state index contributed by atoms with van der Waals surface area (Å²) in [7, 11) is 0. The summed E-state index contributed by atoms with van der Waals surface area (Å²) < 4.78 is 0. The van der Waals surface area contributed by atoms with Gasteiger partial charge in [0.25, 0.3) is 5.91 Å². The zero-order chi connectivity index (χ0) is 8.77. The van der Waals surface area contributed by atoms with Gasteiger partial charge in [-0.15, -0.1) is 0 Å². The van der Waals surface area contributed by atoms with Crippen LogP contribution in [0.3, 0.4) is 0 Å². The molecule has 66 valence electrons. The molecule has 1 aliphatic heterocycles. The number of hydrogen-bond acceptors (Lipinski definition) is 3. The van der Waals surface area contributed by atoms with Crippen molar-refractivity contribution >= 4 is 11.8 Å². The molecule has 2 atom stereocenters. The molecule has 0 aromatic heterocycles. The Labute approximate surface area is 69.9 Å². The minimum Gasteiger partial charge on any atom is -0.379 e. The summed E-state index contributed by atoms with van der Waals surface area (Å²) in [4.78, 5) is 22.3. The first-order chi connectivity index (χ1) is 5.64. The molecule has 1 aliphatic carbocycles. The minimum atomic E-state index is -1.38. The maximum atomic E-state index is 11.2. The average Bonchev–Trinajstić information content (AvgIpc) is 2.25. The van der Waals surface area contributed by atoms with Crippen molar-refractivity contribution in [2.45, 2.75) is 31.3 Å². The van der Waals surface area contributed by atoms with E-state index in [1.165, 1.54) is 0 Å². The highest BCUT2D eigenvalue weighted by molar-refractivity contribution is 6.09. The molecule has 4 heteroatoms. The molecule has 2 aliphatic rings. The molecule has 2 amide bonds. The quantitative estimate of drug-likeness (QED) is 0.483. The molecule has 0 aromatic rings. The van der Waals surface area contributed by atoms with Gasteiger partial charge in [-0.3, -0.25) is 14.9 Å². The summed E-state index contributed by atoms with van der Waals surface area (Å²) in [5, 5.41) is 12.0. The highest BCUT2D eigenvalue weighted by atomic mass is 16.3. The van der Waals surface area contributed by atoms with Crippen molar-refractivity contribution in [1.82, 2.24) is 5.32 Å². The zero-order valence-electron chi connectivity index (χ0n) is 6.67. The fourth-order valence-corrected chi connectivity index (χ4v) is 2.08. The Kier molecular flexibility index (Phi) is 1.48. The fourth-order valence-electron chi connectivity index (χ4n) is 2.08. The average molecular weight is 169 g/mol. The topological polar surface area (TPSA) is 66.4 Å². The summed E-state index contributed by atoms with van der Waals surface area (Å²) in [6.45, 7) is 0. The van der Waals surface area contributed by atoms with Crippen LogP contribution in [0, 0.1) is 5.92 Å². The fraction of sp³-hybridized carbons (Fsp3) is 0.750. The smallest absolute Gasteiger partial charge is 0.259 e. The normalized spacial score (nSPS) is 40.9. The van der Waals surface area contributed by atoms with Crippen molar-refractivity contribution in [2.75, 3.05) is 0 Å². The third kappa shape index (κ3) is 0.813. The molecule has 4 nitrogen and oxygen atoms in total. The number of imide groups is 1. The Balaban J connectivity index is 2.33. The highest BCUT2D eigenvalue weighted by Gasteiger charge is 2.54. The lowest BCUT2D eigenvalue weighted by molar-refractivity contribution is -0.142. The Bertz CT molecular complexity index is 251. The van der Waals surface area contributed by atoms with E-state index in [4.69, 9.17) is 0 Å². The van der Waals surface area contributed by atoms with Gasteiger partial charge >= 0.3 is 0 Å². The maximum absolute atomic E-state index is 11.2. The molecule has 0 unspecified atom stereocenters. The van der Waals surface area contributed by atoms with E-state index in [0.29, 0.717) is 12.8 Å². The predicted molar refractivity (Wildman–Crippen MR) is 40.1 cm³/mol. The van der Waals surface area contributed by atoms with Crippen LogP contribution in [0.25, 0.3) is 0 Å². The summed E-state index contributed by atoms with van der Waals surface area (Å²) in [6.07, 6.45) is 2.81. The van der Waals surface area contributed by atoms with Gasteiger partial charge in [0.05, 0.1) is 5.92 Å². The zero-order valence-corrected chi connectivity index (χ0v) is 6.67. The van der Waals surface area contributed by atoms with Gasteiger partial charge in [-0.1, -0.05) is 6.42 Å². The molecule has 2 rings (SSSR count). The molecular weight excluding hydrogens is 158 g/mol. The maximum Gasteiger partial charge on any atom is 0.259 e. The Morgan fingerprint density at radius 3 is 2.83 bits per heavy atom. The van der Waals surface area contributed by atoms with Crippen molar-refractivity contribution in [3.8, 4) is 0 Å². The molecule has 1 saturated heterocycles. The Morgan fingerprint density at radius 2 is 2.17 bits per heavy atom. The SMILES string of the molecule is O=C1NC(=O)[C@@]2(O)CCCC[C@@H]12. The largest absolute Gasteiger partial charge is 0.379 e. The van der Waals surface area contributed by atoms with E-state index in [0.717, 1.165) is 12.8 Å². The predicted octanol–water partition coefficient (Wildman–Crippen LogP) is -0.436. The van der Waals surface area contributed by atoms with Crippen molar-refractivity contribution in [1.29, 1.82) is 0 Å². The van der Waals surface area contributed by atoms with E-state index in [1.807, 2.05) is 0 Å². The second-order valence-electron chi connectivity index (χ2n) is 3.54. The summed E-state index contributed by atoms with van der Waals surface area (Å²) in [5.41, 5.74) is -1.38. The van der Waals surface area contributed by atoms with Gasteiger partial charge < -0.3 is 5.11 Å². The third-order valence-corrected chi connectivity index (χ3v) is 2.82. The van der Waals surface area contributed by atoms with Crippen molar-refractivity contribution in [3.05, 3.63) is 0 Å². The van der Waals surface area contributed by atoms with Crippen LogP contribution in [0.2, 0.25) is 0 Å². The molecule has 0 bridgehead atoms. The Morgan fingerprint density at radius 1 is 1.42 bits per heavy atom. The Hall–Kier alpha value is -0.900. The number of carbonyl (C=O) groups excluding carboxylic acids is 2. The van der Waals surface area contributed by atoms with Gasteiger partial charge in [-0.05, 0) is 19.3 Å². The number of amides is 2. The monoisotopic (exact) mass is 169 g/mol. The molecule has 1 saturated carbocycles. The second kappa shape index (κ2) is 2.29. The van der Waals surface area contributed by atoms with E-state index in [-0.39, 0.29) is 5.91 Å². The molecule has 1 heterocycles. The summed E-state index contributed by atoms with van der Waals surface area (Å²) >= 11 is 0. The van der Waals surface area contributed by atoms with Crippen LogP contribution in [0.4, 0.5) is 0 Å². The van der Waals surface area contributed by atoms with Crippen LogP contribution in [-0.2, 0) is 9.59 Å². The van der Waals surface area contributed by atoms with Crippen LogP contribution >= 0.6 is 0 Å². The standard InChI is InChI=1S/C8H11NO3/c10-6-5-3-1-2-4-8(5,12)7(11)9-6/h5,12H,1-4H2,(H,9,10,11)/t5-,8+/m0/s1. The van der Waals surface area contributed by atoms with Gasteiger partial charge in [0.2, 0.25) is 5.91 Å². The number of carbonyl (C=O) groups is 2. The van der Waals surface area contributed by atoms with Crippen LogP contribution in [-0.4, -0.2) is 22.5 Å². The van der Waals surface area contributed by atoms with Crippen molar-refractivity contribution < 1.29 is 14.7 Å². The number of rotatable bonds is 0. The van der Waals surface area contributed by atoms with E-state index >= 15 is 0 Å². The van der Waals surface area contributed by atoms with Crippen LogP contribution in [0.5, 0.6) is 0 Å². The number of fused-ring (bicyclic) bond motifs is 1. The lowest BCUT2D eigenvalue weighted by atomic mass is 9.77. The highest BCUT2D eigenvalue weighted by Crippen LogP contribution is 2.37. The summed E-state index contributed by atoms with van der Waals surface area (Å²) in [6, 6.07) is 0. The third-order valence-electron chi connectivity index (χ3n) is 2.82. The first-order valence-corrected chi connectivity index (χ1v) is 4.22. The van der Waals surface area contributed by atoms with E-state index in [1.54, 1.807) is 0 Å².